The Balaban J connectivity index is 1.57. The van der Waals surface area contributed by atoms with E-state index in [1.807, 2.05) is 6.07 Å². The molecule has 2 aromatic carbocycles. The molecule has 0 radical (unpaired) electrons. The van der Waals surface area contributed by atoms with Gasteiger partial charge in [0.05, 0.1) is 5.54 Å². The minimum absolute atomic E-state index is 0.205. The van der Waals surface area contributed by atoms with E-state index in [4.69, 9.17) is 18.9 Å². The fourth-order valence-corrected chi connectivity index (χ4v) is 4.99. The lowest BCUT2D eigenvalue weighted by Gasteiger charge is -2.46. The molecule has 0 unspecified atom stereocenters. The van der Waals surface area contributed by atoms with Crippen LogP contribution in [0.5, 0.6) is 23.0 Å². The number of hydrogen-bond acceptors (Lipinski definition) is 6. The van der Waals surface area contributed by atoms with Gasteiger partial charge in [0.25, 0.3) is 0 Å². The standard InChI is InChI=1S/C20H19NO5/c1-21-5-4-11-6-15-16(25-9-24-15)7-13(11)20(21)8-12-2-3-14-18(26-10-23-14)17(12)19(20)22/h2-3,6-7,19,22H,4-5,8-10H2,1H3/t19-,20-/m1/s1. The van der Waals surface area contributed by atoms with Crippen LogP contribution in [-0.2, 0) is 18.4 Å². The van der Waals surface area contributed by atoms with Gasteiger partial charge in [-0.1, -0.05) is 6.07 Å². The number of aliphatic hydroxyl groups excluding tert-OH is 1. The van der Waals surface area contributed by atoms with Crippen molar-refractivity contribution in [2.24, 2.45) is 0 Å². The van der Waals surface area contributed by atoms with Gasteiger partial charge in [-0.25, -0.2) is 0 Å². The number of fused-ring (bicyclic) bond motifs is 6. The van der Waals surface area contributed by atoms with Gasteiger partial charge < -0.3 is 24.1 Å². The van der Waals surface area contributed by atoms with Crippen LogP contribution in [0.3, 0.4) is 0 Å². The topological polar surface area (TPSA) is 60.4 Å². The molecule has 0 fully saturated rings. The molecule has 0 bridgehead atoms. The van der Waals surface area contributed by atoms with Crippen LogP contribution in [0.25, 0.3) is 0 Å². The van der Waals surface area contributed by atoms with Crippen LogP contribution in [0.4, 0.5) is 0 Å². The molecule has 26 heavy (non-hydrogen) atoms. The van der Waals surface area contributed by atoms with E-state index in [-0.39, 0.29) is 13.6 Å². The fourth-order valence-electron chi connectivity index (χ4n) is 4.99. The van der Waals surface area contributed by atoms with Crippen molar-refractivity contribution < 1.29 is 24.1 Å². The van der Waals surface area contributed by atoms with Crippen LogP contribution in [-0.4, -0.2) is 37.2 Å². The summed E-state index contributed by atoms with van der Waals surface area (Å²) in [6, 6.07) is 8.12. The number of ether oxygens (including phenoxy) is 4. The van der Waals surface area contributed by atoms with Gasteiger partial charge in [0.2, 0.25) is 13.6 Å². The summed E-state index contributed by atoms with van der Waals surface area (Å²) in [6.45, 7) is 1.33. The molecular weight excluding hydrogens is 334 g/mol. The third-order valence-electron chi connectivity index (χ3n) is 6.32. The summed E-state index contributed by atoms with van der Waals surface area (Å²) in [7, 11) is 2.08. The highest BCUT2D eigenvalue weighted by Crippen LogP contribution is 2.57. The van der Waals surface area contributed by atoms with E-state index in [9.17, 15) is 5.11 Å². The van der Waals surface area contributed by atoms with Crippen molar-refractivity contribution in [2.75, 3.05) is 27.2 Å². The van der Waals surface area contributed by atoms with Gasteiger partial charge in [0, 0.05) is 12.1 Å². The Hall–Kier alpha value is -2.44. The number of likely N-dealkylation sites (N-methyl/N-ethyl adjacent to an activating group) is 1. The molecule has 6 nitrogen and oxygen atoms in total. The molecule has 3 aliphatic heterocycles. The van der Waals surface area contributed by atoms with E-state index in [2.05, 4.69) is 30.1 Å². The van der Waals surface area contributed by atoms with Crippen LogP contribution >= 0.6 is 0 Å². The highest BCUT2D eigenvalue weighted by atomic mass is 16.7. The van der Waals surface area contributed by atoms with E-state index in [1.54, 1.807) is 0 Å². The van der Waals surface area contributed by atoms with Crippen molar-refractivity contribution in [2.45, 2.75) is 24.5 Å². The first-order valence-electron chi connectivity index (χ1n) is 8.92. The average Bonchev–Trinajstić information content (AvgIpc) is 3.35. The smallest absolute Gasteiger partial charge is 0.231 e. The Bertz CT molecular complexity index is 942. The number of benzene rings is 2. The van der Waals surface area contributed by atoms with Gasteiger partial charge in [-0.15, -0.1) is 0 Å². The number of nitrogens with zero attached hydrogens (tertiary/aromatic N) is 1. The molecule has 134 valence electrons. The maximum atomic E-state index is 11.5. The van der Waals surface area contributed by atoms with Crippen LogP contribution < -0.4 is 18.9 Å². The summed E-state index contributed by atoms with van der Waals surface area (Å²) in [5.41, 5.74) is 3.77. The first-order valence-corrected chi connectivity index (χ1v) is 8.92. The van der Waals surface area contributed by atoms with Crippen molar-refractivity contribution in [1.82, 2.24) is 4.90 Å². The van der Waals surface area contributed by atoms with Crippen LogP contribution in [0, 0.1) is 0 Å². The molecule has 0 saturated carbocycles. The Morgan fingerprint density at radius 1 is 1.00 bits per heavy atom. The maximum absolute atomic E-state index is 11.5. The minimum atomic E-state index is -0.696. The van der Waals surface area contributed by atoms with Crippen molar-refractivity contribution in [3.8, 4) is 23.0 Å². The zero-order valence-corrected chi connectivity index (χ0v) is 14.4. The molecule has 0 saturated heterocycles. The second-order valence-electron chi connectivity index (χ2n) is 7.41. The lowest BCUT2D eigenvalue weighted by molar-refractivity contribution is -0.0205. The third-order valence-corrected chi connectivity index (χ3v) is 6.32. The summed E-state index contributed by atoms with van der Waals surface area (Å²) >= 11 is 0. The molecule has 4 aliphatic rings. The first kappa shape index (κ1) is 14.7. The van der Waals surface area contributed by atoms with E-state index in [0.717, 1.165) is 47.6 Å². The third kappa shape index (κ3) is 1.64. The molecule has 3 heterocycles. The van der Waals surface area contributed by atoms with E-state index < -0.39 is 11.6 Å². The molecule has 1 aliphatic carbocycles. The van der Waals surface area contributed by atoms with Gasteiger partial charge >= 0.3 is 0 Å². The summed E-state index contributed by atoms with van der Waals surface area (Å²) < 4.78 is 22.4. The van der Waals surface area contributed by atoms with E-state index >= 15 is 0 Å². The number of aliphatic hydroxyl groups is 1. The summed E-state index contributed by atoms with van der Waals surface area (Å²) in [5.74, 6) is 2.95. The zero-order valence-electron chi connectivity index (χ0n) is 14.4. The first-order chi connectivity index (χ1) is 12.7. The van der Waals surface area contributed by atoms with Crippen molar-refractivity contribution >= 4 is 0 Å². The summed E-state index contributed by atoms with van der Waals surface area (Å²) in [4.78, 5) is 2.27. The van der Waals surface area contributed by atoms with Gasteiger partial charge in [0.15, 0.2) is 23.0 Å². The van der Waals surface area contributed by atoms with E-state index in [0.29, 0.717) is 11.5 Å². The monoisotopic (exact) mass is 353 g/mol. The normalized spacial score (nSPS) is 27.7. The molecule has 2 atom stereocenters. The van der Waals surface area contributed by atoms with E-state index in [1.165, 1.54) is 5.56 Å². The van der Waals surface area contributed by atoms with Crippen molar-refractivity contribution in [1.29, 1.82) is 0 Å². The molecule has 2 aromatic rings. The van der Waals surface area contributed by atoms with Crippen LogP contribution in [0.2, 0.25) is 0 Å². The highest BCUT2D eigenvalue weighted by molar-refractivity contribution is 5.61. The Morgan fingerprint density at radius 3 is 2.65 bits per heavy atom. The predicted octanol–water partition coefficient (Wildman–Crippen LogP) is 2.12. The molecule has 6 rings (SSSR count). The lowest BCUT2D eigenvalue weighted by Crippen LogP contribution is -2.51. The van der Waals surface area contributed by atoms with Crippen LogP contribution in [0.1, 0.15) is 28.4 Å². The fraction of sp³-hybridized carbons (Fsp3) is 0.400. The zero-order chi connectivity index (χ0) is 17.5. The molecule has 0 aromatic heterocycles. The van der Waals surface area contributed by atoms with Gasteiger partial charge in [-0.2, -0.15) is 0 Å². The van der Waals surface area contributed by atoms with Gasteiger partial charge in [-0.05, 0) is 54.8 Å². The van der Waals surface area contributed by atoms with Gasteiger partial charge in [-0.3, -0.25) is 4.90 Å². The van der Waals surface area contributed by atoms with Crippen molar-refractivity contribution in [3.05, 3.63) is 46.5 Å². The maximum Gasteiger partial charge on any atom is 0.231 e. The number of hydrogen-bond donors (Lipinski definition) is 1. The number of rotatable bonds is 0. The molecule has 1 N–H and O–H groups in total. The molecule has 6 heteroatoms. The highest BCUT2D eigenvalue weighted by Gasteiger charge is 2.54. The predicted molar refractivity (Wildman–Crippen MR) is 91.8 cm³/mol. The Morgan fingerprint density at radius 2 is 1.77 bits per heavy atom. The second kappa shape index (κ2) is 4.84. The largest absolute Gasteiger partial charge is 0.454 e. The van der Waals surface area contributed by atoms with Crippen molar-refractivity contribution in [3.63, 3.8) is 0 Å². The second-order valence-corrected chi connectivity index (χ2v) is 7.41. The molecule has 1 spiro atoms. The Labute approximate surface area is 150 Å². The SMILES string of the molecule is CN1CCc2cc3c(cc2[C@@]12Cc1ccc4c(c1[C@H]2O)OCO4)OCO3. The lowest BCUT2D eigenvalue weighted by atomic mass is 9.77. The summed E-state index contributed by atoms with van der Waals surface area (Å²) in [6.07, 6.45) is 0.951. The van der Waals surface area contributed by atoms with Gasteiger partial charge in [0.1, 0.15) is 6.10 Å². The average molecular weight is 353 g/mol. The van der Waals surface area contributed by atoms with Crippen LogP contribution in [0.15, 0.2) is 24.3 Å². The summed E-state index contributed by atoms with van der Waals surface area (Å²) in [5, 5.41) is 11.5. The molecule has 0 amide bonds. The molecular formula is C20H19NO5. The minimum Gasteiger partial charge on any atom is -0.454 e. The Kier molecular flexibility index (Phi) is 2.74. The quantitative estimate of drug-likeness (QED) is 0.783.